The van der Waals surface area contributed by atoms with E-state index in [0.29, 0.717) is 5.41 Å². The van der Waals surface area contributed by atoms with Crippen LogP contribution in [0.1, 0.15) is 52.4 Å². The average molecular weight is 281 g/mol. The lowest BCUT2D eigenvalue weighted by Gasteiger charge is -2.55. The van der Waals surface area contributed by atoms with Gasteiger partial charge in [-0.15, -0.1) is 0 Å². The first kappa shape index (κ1) is 14.3. The van der Waals surface area contributed by atoms with Crippen molar-refractivity contribution in [2.75, 3.05) is 19.8 Å². The van der Waals surface area contributed by atoms with Crippen LogP contribution in [-0.4, -0.2) is 47.3 Å². The van der Waals surface area contributed by atoms with Crippen LogP contribution in [0.5, 0.6) is 0 Å². The minimum Gasteiger partial charge on any atom is -0.480 e. The number of hydrogen-bond acceptors (Lipinski definition) is 3. The van der Waals surface area contributed by atoms with Crippen molar-refractivity contribution in [3.63, 3.8) is 0 Å². The van der Waals surface area contributed by atoms with Gasteiger partial charge in [-0.25, -0.2) is 0 Å². The van der Waals surface area contributed by atoms with Crippen molar-refractivity contribution in [2.24, 2.45) is 11.3 Å². The molecule has 0 aromatic rings. The molecule has 0 bridgehead atoms. The molecule has 0 amide bonds. The zero-order valence-corrected chi connectivity index (χ0v) is 12.7. The van der Waals surface area contributed by atoms with Gasteiger partial charge in [-0.3, -0.25) is 9.69 Å². The first-order valence-electron chi connectivity index (χ1n) is 8.05. The van der Waals surface area contributed by atoms with Crippen LogP contribution in [0.3, 0.4) is 0 Å². The number of ether oxygens (including phenoxy) is 1. The highest BCUT2D eigenvalue weighted by molar-refractivity contribution is 5.74. The maximum absolute atomic E-state index is 11.7. The molecule has 0 aromatic heterocycles. The second-order valence-corrected chi connectivity index (χ2v) is 7.57. The Labute approximate surface area is 121 Å². The van der Waals surface area contributed by atoms with Crippen LogP contribution in [0.2, 0.25) is 0 Å². The van der Waals surface area contributed by atoms with Gasteiger partial charge in [-0.2, -0.15) is 0 Å². The number of carboxylic acids is 1. The lowest BCUT2D eigenvalue weighted by Crippen LogP contribution is -2.60. The largest absolute Gasteiger partial charge is 0.480 e. The summed E-state index contributed by atoms with van der Waals surface area (Å²) in [5.41, 5.74) is 0.496. The molecule has 114 valence electrons. The fourth-order valence-corrected chi connectivity index (χ4v) is 4.93. The zero-order valence-electron chi connectivity index (χ0n) is 12.7. The molecule has 2 atom stereocenters. The normalized spacial score (nSPS) is 34.5. The highest BCUT2D eigenvalue weighted by Gasteiger charge is 2.55. The van der Waals surface area contributed by atoms with Crippen LogP contribution in [0, 0.1) is 11.3 Å². The van der Waals surface area contributed by atoms with E-state index in [2.05, 4.69) is 4.90 Å². The van der Waals surface area contributed by atoms with Crippen molar-refractivity contribution in [1.29, 1.82) is 0 Å². The second kappa shape index (κ2) is 4.99. The molecule has 3 aliphatic rings. The molecule has 2 saturated heterocycles. The van der Waals surface area contributed by atoms with E-state index >= 15 is 0 Å². The third kappa shape index (κ3) is 2.17. The molecule has 3 rings (SSSR count). The zero-order chi connectivity index (χ0) is 14.4. The van der Waals surface area contributed by atoms with Crippen molar-refractivity contribution >= 4 is 5.97 Å². The molecule has 1 saturated carbocycles. The molecular weight excluding hydrogens is 254 g/mol. The van der Waals surface area contributed by atoms with Gasteiger partial charge in [-0.1, -0.05) is 20.3 Å². The van der Waals surface area contributed by atoms with Gasteiger partial charge in [0, 0.05) is 11.0 Å². The molecule has 3 fully saturated rings. The number of carboxylic acid groups (broad SMARTS) is 1. The molecular formula is C16H27NO3. The number of aliphatic carboxylic acids is 1. The Kier molecular flexibility index (Phi) is 3.57. The minimum atomic E-state index is -0.647. The van der Waals surface area contributed by atoms with Crippen molar-refractivity contribution in [3.05, 3.63) is 0 Å². The first-order valence-corrected chi connectivity index (χ1v) is 8.05. The van der Waals surface area contributed by atoms with E-state index < -0.39 is 5.97 Å². The third-order valence-electron chi connectivity index (χ3n) is 5.74. The molecule has 1 N–H and O–H groups in total. The van der Waals surface area contributed by atoms with E-state index in [1.165, 1.54) is 25.7 Å². The van der Waals surface area contributed by atoms with Gasteiger partial charge in [0.15, 0.2) is 0 Å². The summed E-state index contributed by atoms with van der Waals surface area (Å²) < 4.78 is 5.47. The van der Waals surface area contributed by atoms with E-state index in [9.17, 15) is 9.90 Å². The molecule has 4 heteroatoms. The van der Waals surface area contributed by atoms with Gasteiger partial charge in [0.1, 0.15) is 6.04 Å². The summed E-state index contributed by atoms with van der Waals surface area (Å²) in [5, 5.41) is 9.65. The highest BCUT2D eigenvalue weighted by atomic mass is 16.5. The summed E-state index contributed by atoms with van der Waals surface area (Å²) in [6.45, 7) is 6.81. The average Bonchev–Trinajstić information content (AvgIpc) is 2.70. The lowest BCUT2D eigenvalue weighted by molar-refractivity contribution is -0.169. The molecule has 20 heavy (non-hydrogen) atoms. The fraction of sp³-hybridized carbons (Fsp3) is 0.938. The number of carbonyl (C=O) groups is 1. The summed E-state index contributed by atoms with van der Waals surface area (Å²) >= 11 is 0. The van der Waals surface area contributed by atoms with Gasteiger partial charge < -0.3 is 9.84 Å². The molecule has 1 aliphatic carbocycles. The Morgan fingerprint density at radius 3 is 2.45 bits per heavy atom. The second-order valence-electron chi connectivity index (χ2n) is 7.57. The predicted octanol–water partition coefficient (Wildman–Crippen LogP) is 2.52. The van der Waals surface area contributed by atoms with Gasteiger partial charge in [0.25, 0.3) is 0 Å². The Hall–Kier alpha value is -0.610. The maximum atomic E-state index is 11.7. The maximum Gasteiger partial charge on any atom is 0.321 e. The topological polar surface area (TPSA) is 49.8 Å². The van der Waals surface area contributed by atoms with Crippen LogP contribution in [0.25, 0.3) is 0 Å². The monoisotopic (exact) mass is 281 g/mol. The van der Waals surface area contributed by atoms with Crippen LogP contribution < -0.4 is 0 Å². The summed E-state index contributed by atoms with van der Waals surface area (Å²) in [4.78, 5) is 14.1. The molecule has 2 spiro atoms. The Morgan fingerprint density at radius 1 is 1.20 bits per heavy atom. The van der Waals surface area contributed by atoms with Crippen molar-refractivity contribution < 1.29 is 14.6 Å². The van der Waals surface area contributed by atoms with E-state index in [1.807, 2.05) is 13.8 Å². The Bertz CT molecular complexity index is 391. The van der Waals surface area contributed by atoms with Gasteiger partial charge >= 0.3 is 5.97 Å². The van der Waals surface area contributed by atoms with Crippen LogP contribution in [-0.2, 0) is 9.53 Å². The Balaban J connectivity index is 1.85. The van der Waals surface area contributed by atoms with Gasteiger partial charge in [-0.05, 0) is 44.6 Å². The predicted molar refractivity (Wildman–Crippen MR) is 76.7 cm³/mol. The number of nitrogens with zero attached hydrogens (tertiary/aromatic N) is 1. The molecule has 2 heterocycles. The smallest absolute Gasteiger partial charge is 0.321 e. The molecule has 2 aliphatic heterocycles. The number of hydrogen-bond donors (Lipinski definition) is 1. The standard InChI is InChI=1S/C16H27NO3/c1-12(2)13(14(18)19)17-8-4-7-16(17)6-3-5-15(9-16)10-20-11-15/h12-13H,3-11H2,1-2H3,(H,18,19)/t13-,16+/m0/s1. The summed E-state index contributed by atoms with van der Waals surface area (Å²) in [5.74, 6) is -0.483. The number of likely N-dealkylation sites (tertiary alicyclic amines) is 1. The van der Waals surface area contributed by atoms with E-state index in [-0.39, 0.29) is 17.5 Å². The van der Waals surface area contributed by atoms with Gasteiger partial charge in [0.05, 0.1) is 13.2 Å². The van der Waals surface area contributed by atoms with Crippen LogP contribution >= 0.6 is 0 Å². The van der Waals surface area contributed by atoms with E-state index in [0.717, 1.165) is 32.6 Å². The fourth-order valence-electron chi connectivity index (χ4n) is 4.93. The van der Waals surface area contributed by atoms with Crippen molar-refractivity contribution in [3.8, 4) is 0 Å². The van der Waals surface area contributed by atoms with E-state index in [4.69, 9.17) is 4.74 Å². The van der Waals surface area contributed by atoms with Crippen molar-refractivity contribution in [2.45, 2.75) is 64.0 Å². The molecule has 0 aromatic carbocycles. The quantitative estimate of drug-likeness (QED) is 0.863. The molecule has 0 unspecified atom stereocenters. The van der Waals surface area contributed by atoms with Crippen LogP contribution in [0.15, 0.2) is 0 Å². The third-order valence-corrected chi connectivity index (χ3v) is 5.74. The molecule has 4 nitrogen and oxygen atoms in total. The summed E-state index contributed by atoms with van der Waals surface area (Å²) in [6.07, 6.45) is 7.13. The number of rotatable bonds is 3. The van der Waals surface area contributed by atoms with Gasteiger partial charge in [0.2, 0.25) is 0 Å². The highest BCUT2D eigenvalue weighted by Crippen LogP contribution is 2.53. The van der Waals surface area contributed by atoms with E-state index in [1.54, 1.807) is 0 Å². The van der Waals surface area contributed by atoms with Crippen LogP contribution in [0.4, 0.5) is 0 Å². The first-order chi connectivity index (χ1) is 9.48. The molecule has 0 radical (unpaired) electrons. The van der Waals surface area contributed by atoms with Crippen molar-refractivity contribution in [1.82, 2.24) is 4.90 Å². The SMILES string of the molecule is CC(C)[C@@H](C(=O)O)N1CCC[C@@]12CCCC1(COC1)C2. The summed E-state index contributed by atoms with van der Waals surface area (Å²) in [7, 11) is 0. The Morgan fingerprint density at radius 2 is 1.90 bits per heavy atom. The summed E-state index contributed by atoms with van der Waals surface area (Å²) in [6, 6.07) is -0.325. The lowest BCUT2D eigenvalue weighted by atomic mass is 9.63. The minimum absolute atomic E-state index is 0.134.